The largest absolute Gasteiger partial charge is 0.474 e. The highest BCUT2D eigenvalue weighted by Gasteiger charge is 2.19. The monoisotopic (exact) mass is 167 g/mol. The number of carboxylic acid groups (broad SMARTS) is 1. The van der Waals surface area contributed by atoms with Gasteiger partial charge in [-0.2, -0.15) is 10.5 Å². The number of carboxylic acids is 1. The van der Waals surface area contributed by atoms with Gasteiger partial charge in [0.25, 0.3) is 0 Å². The summed E-state index contributed by atoms with van der Waals surface area (Å²) in [6.07, 6.45) is 0. The molecule has 6 nitrogen and oxygen atoms in total. The van der Waals surface area contributed by atoms with Crippen LogP contribution in [0.1, 0.15) is 0 Å². The van der Waals surface area contributed by atoms with Crippen molar-refractivity contribution in [2.45, 2.75) is 0 Å². The average molecular weight is 167 g/mol. The molecular formula is C6H5N3O3. The van der Waals surface area contributed by atoms with Crippen molar-refractivity contribution in [3.63, 3.8) is 0 Å². The molecule has 0 aliphatic rings. The second-order valence-electron chi connectivity index (χ2n) is 1.78. The van der Waals surface area contributed by atoms with Crippen molar-refractivity contribution in [2.24, 2.45) is 0 Å². The summed E-state index contributed by atoms with van der Waals surface area (Å²) in [7, 11) is 0. The lowest BCUT2D eigenvalue weighted by molar-refractivity contribution is -0.155. The van der Waals surface area contributed by atoms with Crippen LogP contribution >= 0.6 is 0 Å². The van der Waals surface area contributed by atoms with Gasteiger partial charge in [0.2, 0.25) is 0 Å². The summed E-state index contributed by atoms with van der Waals surface area (Å²) in [5.41, 5.74) is 0. The zero-order valence-electron chi connectivity index (χ0n) is 6.02. The summed E-state index contributed by atoms with van der Waals surface area (Å²) in [6, 6.07) is 3.16. The van der Waals surface area contributed by atoms with E-state index in [0.29, 0.717) is 4.90 Å². The molecule has 0 aromatic rings. The lowest BCUT2D eigenvalue weighted by Gasteiger charge is -2.11. The van der Waals surface area contributed by atoms with Crippen LogP contribution in [-0.2, 0) is 9.59 Å². The normalized spacial score (nSPS) is 7.83. The van der Waals surface area contributed by atoms with Gasteiger partial charge in [0.15, 0.2) is 0 Å². The molecule has 0 rings (SSSR count). The molecule has 0 heterocycles. The molecule has 1 amide bonds. The van der Waals surface area contributed by atoms with Crippen molar-refractivity contribution < 1.29 is 14.7 Å². The minimum Gasteiger partial charge on any atom is -0.474 e. The molecule has 0 radical (unpaired) electrons. The molecule has 0 unspecified atom stereocenters. The third kappa shape index (κ3) is 2.67. The zero-order chi connectivity index (χ0) is 9.56. The van der Waals surface area contributed by atoms with E-state index in [1.54, 1.807) is 12.1 Å². The Morgan fingerprint density at radius 2 is 1.67 bits per heavy atom. The first-order valence-electron chi connectivity index (χ1n) is 2.89. The van der Waals surface area contributed by atoms with E-state index in [2.05, 4.69) is 0 Å². The maximum atomic E-state index is 10.6. The van der Waals surface area contributed by atoms with Gasteiger partial charge < -0.3 is 10.0 Å². The van der Waals surface area contributed by atoms with E-state index in [0.717, 1.165) is 0 Å². The standard InChI is InChI=1S/C6H5N3O3/c7-1-3-9(4-2-8)5(10)6(11)12/h3-4H2,(H,11,12). The van der Waals surface area contributed by atoms with Crippen molar-refractivity contribution in [2.75, 3.05) is 13.1 Å². The van der Waals surface area contributed by atoms with Crippen LogP contribution in [0.5, 0.6) is 0 Å². The Morgan fingerprint density at radius 3 is 1.92 bits per heavy atom. The summed E-state index contributed by atoms with van der Waals surface area (Å²) in [6.45, 7) is -0.780. The molecule has 6 heteroatoms. The molecule has 0 fully saturated rings. The number of amides is 1. The second-order valence-corrected chi connectivity index (χ2v) is 1.78. The van der Waals surface area contributed by atoms with E-state index in [-0.39, 0.29) is 0 Å². The molecule has 0 aromatic heterocycles. The minimum atomic E-state index is -1.67. The van der Waals surface area contributed by atoms with Crippen molar-refractivity contribution in [1.29, 1.82) is 10.5 Å². The topological polar surface area (TPSA) is 105 Å². The number of hydrogen-bond acceptors (Lipinski definition) is 4. The number of rotatable bonds is 2. The highest BCUT2D eigenvalue weighted by Crippen LogP contribution is 1.87. The lowest BCUT2D eigenvalue weighted by atomic mass is 10.4. The molecule has 0 aliphatic carbocycles. The van der Waals surface area contributed by atoms with Crippen LogP contribution in [0.25, 0.3) is 0 Å². The van der Waals surface area contributed by atoms with Gasteiger partial charge in [-0.3, -0.25) is 4.79 Å². The first-order valence-corrected chi connectivity index (χ1v) is 2.89. The molecule has 1 N–H and O–H groups in total. The maximum Gasteiger partial charge on any atom is 0.394 e. The SMILES string of the molecule is N#CCN(CC#N)C(=O)C(=O)O. The van der Waals surface area contributed by atoms with Gasteiger partial charge in [-0.15, -0.1) is 0 Å². The summed E-state index contributed by atoms with van der Waals surface area (Å²) < 4.78 is 0. The van der Waals surface area contributed by atoms with Gasteiger partial charge in [-0.1, -0.05) is 0 Å². The molecule has 0 aromatic carbocycles. The van der Waals surface area contributed by atoms with Crippen molar-refractivity contribution in [3.8, 4) is 12.1 Å². The number of nitriles is 2. The van der Waals surface area contributed by atoms with Crippen LogP contribution in [-0.4, -0.2) is 35.0 Å². The van der Waals surface area contributed by atoms with E-state index >= 15 is 0 Å². The molecule has 0 spiro atoms. The minimum absolute atomic E-state index is 0.390. The number of hydrogen-bond donors (Lipinski definition) is 1. The van der Waals surface area contributed by atoms with Gasteiger partial charge in [-0.05, 0) is 0 Å². The molecule has 0 atom stereocenters. The molecule has 0 saturated carbocycles. The van der Waals surface area contributed by atoms with E-state index in [1.165, 1.54) is 0 Å². The van der Waals surface area contributed by atoms with Crippen molar-refractivity contribution in [3.05, 3.63) is 0 Å². The second kappa shape index (κ2) is 4.69. The molecule has 0 aliphatic heterocycles. The van der Waals surface area contributed by atoms with Crippen LogP contribution in [0.15, 0.2) is 0 Å². The number of aliphatic carboxylic acids is 1. The summed E-state index contributed by atoms with van der Waals surface area (Å²) in [5, 5.41) is 24.5. The third-order valence-corrected chi connectivity index (χ3v) is 0.993. The van der Waals surface area contributed by atoms with Gasteiger partial charge >= 0.3 is 11.9 Å². The molecule has 12 heavy (non-hydrogen) atoms. The quantitative estimate of drug-likeness (QED) is 0.417. The Kier molecular flexibility index (Phi) is 3.88. The predicted molar refractivity (Wildman–Crippen MR) is 35.4 cm³/mol. The number of nitrogens with zero attached hydrogens (tertiary/aromatic N) is 3. The molecule has 0 bridgehead atoms. The first-order chi connectivity index (χ1) is 5.63. The fourth-order valence-corrected chi connectivity index (χ4v) is 0.505. The van der Waals surface area contributed by atoms with Gasteiger partial charge in [0, 0.05) is 0 Å². The van der Waals surface area contributed by atoms with E-state index < -0.39 is 25.0 Å². The predicted octanol–water partition coefficient (Wildman–Crippen LogP) is -1.05. The molecule has 0 saturated heterocycles. The first kappa shape index (κ1) is 9.92. The number of carbonyl (C=O) groups is 2. The Labute approximate surface area is 68.2 Å². The van der Waals surface area contributed by atoms with Crippen molar-refractivity contribution >= 4 is 11.9 Å². The molecular weight excluding hydrogens is 162 g/mol. The smallest absolute Gasteiger partial charge is 0.394 e. The fourth-order valence-electron chi connectivity index (χ4n) is 0.505. The van der Waals surface area contributed by atoms with E-state index in [4.69, 9.17) is 15.6 Å². The van der Waals surface area contributed by atoms with Gasteiger partial charge in [0.05, 0.1) is 12.1 Å². The maximum absolute atomic E-state index is 10.6. The Balaban J connectivity index is 4.33. The van der Waals surface area contributed by atoms with Gasteiger partial charge in [-0.25, -0.2) is 4.79 Å². The van der Waals surface area contributed by atoms with E-state index in [9.17, 15) is 9.59 Å². The van der Waals surface area contributed by atoms with Crippen LogP contribution in [0, 0.1) is 22.7 Å². The fraction of sp³-hybridized carbons (Fsp3) is 0.333. The average Bonchev–Trinajstić information content (AvgIpc) is 2.03. The van der Waals surface area contributed by atoms with Crippen LogP contribution in [0.3, 0.4) is 0 Å². The lowest BCUT2D eigenvalue weighted by Crippen LogP contribution is -2.36. The van der Waals surface area contributed by atoms with Crippen molar-refractivity contribution in [1.82, 2.24) is 4.90 Å². The highest BCUT2D eigenvalue weighted by molar-refractivity contribution is 6.31. The molecule has 62 valence electrons. The van der Waals surface area contributed by atoms with Crippen LogP contribution < -0.4 is 0 Å². The van der Waals surface area contributed by atoms with Crippen LogP contribution in [0.4, 0.5) is 0 Å². The van der Waals surface area contributed by atoms with Crippen LogP contribution in [0.2, 0.25) is 0 Å². The van der Waals surface area contributed by atoms with Gasteiger partial charge in [0.1, 0.15) is 13.1 Å². The Hall–Kier alpha value is -2.08. The highest BCUT2D eigenvalue weighted by atomic mass is 16.4. The summed E-state index contributed by atoms with van der Waals surface area (Å²) in [4.78, 5) is 21.4. The summed E-state index contributed by atoms with van der Waals surface area (Å²) in [5.74, 6) is -2.90. The number of carbonyl (C=O) groups excluding carboxylic acids is 1. The Bertz CT molecular complexity index is 257. The Morgan fingerprint density at radius 1 is 1.25 bits per heavy atom. The van der Waals surface area contributed by atoms with E-state index in [1.807, 2.05) is 0 Å². The zero-order valence-corrected chi connectivity index (χ0v) is 6.02. The summed E-state index contributed by atoms with van der Waals surface area (Å²) >= 11 is 0. The third-order valence-electron chi connectivity index (χ3n) is 0.993.